The van der Waals surface area contributed by atoms with Gasteiger partial charge in [0.1, 0.15) is 0 Å². The minimum absolute atomic E-state index is 0.168. The molecule has 0 spiro atoms. The summed E-state index contributed by atoms with van der Waals surface area (Å²) in [6, 6.07) is 9.03. The number of benzene rings is 2. The Morgan fingerprint density at radius 2 is 1.23 bits per heavy atom. The number of halogens is 6. The van der Waals surface area contributed by atoms with Gasteiger partial charge in [0.25, 0.3) is 0 Å². The molecule has 0 fully saturated rings. The Hall–Kier alpha value is -2.76. The molecular formula is C20H11F6. The van der Waals surface area contributed by atoms with E-state index in [0.29, 0.717) is 5.57 Å². The molecule has 0 N–H and O–H groups in total. The lowest BCUT2D eigenvalue weighted by Crippen LogP contribution is -2.07. The summed E-state index contributed by atoms with van der Waals surface area (Å²) in [5.41, 5.74) is -0.726. The van der Waals surface area contributed by atoms with E-state index in [0.717, 1.165) is 24.3 Å². The van der Waals surface area contributed by atoms with Crippen molar-refractivity contribution in [1.29, 1.82) is 0 Å². The van der Waals surface area contributed by atoms with Crippen LogP contribution in [0.5, 0.6) is 0 Å². The summed E-state index contributed by atoms with van der Waals surface area (Å²) in [5, 5.41) is 0. The Bertz CT molecular complexity index is 837. The average molecular weight is 365 g/mol. The molecule has 133 valence electrons. The first kappa shape index (κ1) is 18.0. The molecule has 0 nitrogen and oxygen atoms in total. The molecular weight excluding hydrogens is 354 g/mol. The summed E-state index contributed by atoms with van der Waals surface area (Å²) in [6.45, 7) is 0. The van der Waals surface area contributed by atoms with Crippen LogP contribution in [0.1, 0.15) is 22.3 Å². The highest BCUT2D eigenvalue weighted by atomic mass is 19.4. The zero-order valence-corrected chi connectivity index (χ0v) is 13.1. The maximum absolute atomic E-state index is 13.0. The van der Waals surface area contributed by atoms with Crippen LogP contribution in [0.4, 0.5) is 26.3 Å². The highest BCUT2D eigenvalue weighted by Crippen LogP contribution is 2.37. The summed E-state index contributed by atoms with van der Waals surface area (Å²) < 4.78 is 78.2. The van der Waals surface area contributed by atoms with E-state index >= 15 is 0 Å². The molecule has 1 aliphatic carbocycles. The summed E-state index contributed by atoms with van der Waals surface area (Å²) in [5.74, 6) is 0. The maximum Gasteiger partial charge on any atom is 0.416 e. The number of hydrogen-bond acceptors (Lipinski definition) is 0. The van der Waals surface area contributed by atoms with Crippen molar-refractivity contribution in [3.8, 4) is 0 Å². The third-order valence-corrected chi connectivity index (χ3v) is 3.82. The molecule has 0 aromatic heterocycles. The molecule has 1 aliphatic rings. The fourth-order valence-corrected chi connectivity index (χ4v) is 2.67. The minimum atomic E-state index is -4.55. The van der Waals surface area contributed by atoms with Crippen molar-refractivity contribution in [1.82, 2.24) is 0 Å². The van der Waals surface area contributed by atoms with E-state index in [1.165, 1.54) is 24.3 Å². The average Bonchev–Trinajstić information content (AvgIpc) is 3.08. The van der Waals surface area contributed by atoms with Gasteiger partial charge in [-0.15, -0.1) is 0 Å². The Balaban J connectivity index is 2.20. The van der Waals surface area contributed by atoms with Gasteiger partial charge in [-0.25, -0.2) is 0 Å². The Morgan fingerprint density at radius 1 is 0.731 bits per heavy atom. The van der Waals surface area contributed by atoms with Crippen LogP contribution in [0, 0.1) is 6.08 Å². The van der Waals surface area contributed by atoms with Crippen LogP contribution in [0.15, 0.2) is 72.3 Å². The minimum Gasteiger partial charge on any atom is -0.166 e. The molecule has 0 saturated heterocycles. The largest absolute Gasteiger partial charge is 0.416 e. The van der Waals surface area contributed by atoms with Gasteiger partial charge in [-0.1, -0.05) is 42.5 Å². The van der Waals surface area contributed by atoms with Crippen LogP contribution in [0.3, 0.4) is 0 Å². The monoisotopic (exact) mass is 365 g/mol. The maximum atomic E-state index is 13.0. The normalized spacial score (nSPS) is 14.2. The molecule has 3 rings (SSSR count). The molecule has 26 heavy (non-hydrogen) atoms. The Kier molecular flexibility index (Phi) is 4.52. The van der Waals surface area contributed by atoms with Crippen LogP contribution in [-0.4, -0.2) is 0 Å². The molecule has 0 heterocycles. The van der Waals surface area contributed by atoms with Crippen molar-refractivity contribution >= 4 is 5.57 Å². The summed E-state index contributed by atoms with van der Waals surface area (Å²) in [4.78, 5) is 0. The Labute approximate surface area is 145 Å². The topological polar surface area (TPSA) is 0 Å². The van der Waals surface area contributed by atoms with Crippen LogP contribution in [-0.2, 0) is 12.4 Å². The summed E-state index contributed by atoms with van der Waals surface area (Å²) in [7, 11) is 0. The lowest BCUT2D eigenvalue weighted by molar-refractivity contribution is -0.138. The zero-order valence-electron chi connectivity index (χ0n) is 13.1. The first-order chi connectivity index (χ1) is 12.2. The molecule has 0 unspecified atom stereocenters. The van der Waals surface area contributed by atoms with Gasteiger partial charge in [-0.3, -0.25) is 0 Å². The van der Waals surface area contributed by atoms with Gasteiger partial charge < -0.3 is 0 Å². The quantitative estimate of drug-likeness (QED) is 0.536. The van der Waals surface area contributed by atoms with Gasteiger partial charge in [0.2, 0.25) is 0 Å². The molecule has 0 amide bonds. The van der Waals surface area contributed by atoms with Gasteiger partial charge in [-0.05, 0) is 52.6 Å². The SMILES string of the molecule is FC(F)(F)c1cccc(C(=C2[C]=CC=C2)c2cccc(C(F)(F)F)c2)c1. The van der Waals surface area contributed by atoms with E-state index in [-0.39, 0.29) is 16.7 Å². The van der Waals surface area contributed by atoms with Crippen molar-refractivity contribution in [2.75, 3.05) is 0 Å². The van der Waals surface area contributed by atoms with E-state index in [2.05, 4.69) is 6.08 Å². The van der Waals surface area contributed by atoms with Crippen molar-refractivity contribution in [3.05, 3.63) is 101 Å². The van der Waals surface area contributed by atoms with Crippen molar-refractivity contribution in [2.24, 2.45) is 0 Å². The zero-order chi connectivity index (χ0) is 18.9. The lowest BCUT2D eigenvalue weighted by Gasteiger charge is -2.15. The fourth-order valence-electron chi connectivity index (χ4n) is 2.67. The highest BCUT2D eigenvalue weighted by molar-refractivity contribution is 5.85. The number of rotatable bonds is 2. The molecule has 0 aliphatic heterocycles. The number of hydrogen-bond donors (Lipinski definition) is 0. The fraction of sp³-hybridized carbons (Fsp3) is 0.100. The van der Waals surface area contributed by atoms with Crippen LogP contribution in [0.25, 0.3) is 5.57 Å². The smallest absolute Gasteiger partial charge is 0.166 e. The van der Waals surface area contributed by atoms with Gasteiger partial charge in [0.05, 0.1) is 11.1 Å². The van der Waals surface area contributed by atoms with Crippen LogP contribution < -0.4 is 0 Å². The van der Waals surface area contributed by atoms with Gasteiger partial charge in [-0.2, -0.15) is 26.3 Å². The second-order valence-electron chi connectivity index (χ2n) is 5.62. The van der Waals surface area contributed by atoms with E-state index < -0.39 is 23.5 Å². The molecule has 6 heteroatoms. The van der Waals surface area contributed by atoms with Gasteiger partial charge >= 0.3 is 12.4 Å². The molecule has 2 aromatic carbocycles. The summed E-state index contributed by atoms with van der Waals surface area (Å²) >= 11 is 0. The van der Waals surface area contributed by atoms with Crippen molar-refractivity contribution < 1.29 is 26.3 Å². The van der Waals surface area contributed by atoms with Crippen molar-refractivity contribution in [2.45, 2.75) is 12.4 Å². The van der Waals surface area contributed by atoms with Crippen LogP contribution in [0.2, 0.25) is 0 Å². The van der Waals surface area contributed by atoms with E-state index in [1.54, 1.807) is 18.2 Å². The summed E-state index contributed by atoms with van der Waals surface area (Å²) in [6.07, 6.45) is -1.48. The molecule has 0 saturated carbocycles. The van der Waals surface area contributed by atoms with Gasteiger partial charge in [0.15, 0.2) is 0 Å². The predicted octanol–water partition coefficient (Wildman–Crippen LogP) is 6.46. The van der Waals surface area contributed by atoms with E-state index in [4.69, 9.17) is 0 Å². The Morgan fingerprint density at radius 3 is 1.62 bits per heavy atom. The highest BCUT2D eigenvalue weighted by Gasteiger charge is 2.32. The second-order valence-corrected chi connectivity index (χ2v) is 5.62. The third kappa shape index (κ3) is 3.74. The van der Waals surface area contributed by atoms with E-state index in [1.807, 2.05) is 0 Å². The predicted molar refractivity (Wildman–Crippen MR) is 85.9 cm³/mol. The molecule has 0 bridgehead atoms. The molecule has 1 radical (unpaired) electrons. The lowest BCUT2D eigenvalue weighted by atomic mass is 9.91. The first-order valence-corrected chi connectivity index (χ1v) is 7.52. The van der Waals surface area contributed by atoms with Crippen LogP contribution >= 0.6 is 0 Å². The van der Waals surface area contributed by atoms with Gasteiger partial charge in [0, 0.05) is 0 Å². The molecule has 2 aromatic rings. The number of alkyl halides is 6. The standard InChI is InChI=1S/C20H11F6/c21-19(22,23)16-9-3-7-14(11-16)18(13-5-1-2-6-13)15-8-4-10-17(12-15)20(24,25)26/h1-5,7-12H. The second kappa shape index (κ2) is 6.52. The van der Waals surface area contributed by atoms with Crippen molar-refractivity contribution in [3.63, 3.8) is 0 Å². The van der Waals surface area contributed by atoms with E-state index in [9.17, 15) is 26.3 Å². The number of allylic oxidation sites excluding steroid dienone is 5. The third-order valence-electron chi connectivity index (χ3n) is 3.82. The molecule has 0 atom stereocenters. The first-order valence-electron chi connectivity index (χ1n) is 7.52.